The Hall–Kier alpha value is -3.70. The number of benzene rings is 3. The van der Waals surface area contributed by atoms with Crippen molar-refractivity contribution in [2.24, 2.45) is 11.3 Å². The maximum absolute atomic E-state index is 13.4. The summed E-state index contributed by atoms with van der Waals surface area (Å²) in [5, 5.41) is 4.57. The number of furan rings is 1. The monoisotopic (exact) mass is 461 g/mol. The number of imidazole rings is 1. The van der Waals surface area contributed by atoms with E-state index in [1.54, 1.807) is 6.26 Å². The lowest BCUT2D eigenvalue weighted by molar-refractivity contribution is -0.129. The van der Waals surface area contributed by atoms with Gasteiger partial charge in [-0.05, 0) is 67.3 Å². The zero-order valence-electron chi connectivity index (χ0n) is 19.5. The minimum atomic E-state index is -0.348. The molecule has 1 aliphatic carbocycles. The van der Waals surface area contributed by atoms with E-state index in [9.17, 15) is 4.79 Å². The predicted octanol–water partition coefficient (Wildman–Crippen LogP) is 6.08. The molecule has 1 atom stereocenters. The normalized spacial score (nSPS) is 20.1. The van der Waals surface area contributed by atoms with Crippen LogP contribution in [0, 0.1) is 11.3 Å². The molecule has 5 nitrogen and oxygen atoms in total. The van der Waals surface area contributed by atoms with Crippen LogP contribution in [0.4, 0.5) is 0 Å². The number of fused-ring (bicyclic) bond motifs is 2. The Morgan fingerprint density at radius 2 is 1.80 bits per heavy atom. The van der Waals surface area contributed by atoms with Crippen molar-refractivity contribution >= 4 is 27.8 Å². The van der Waals surface area contributed by atoms with Gasteiger partial charge in [0, 0.05) is 30.0 Å². The summed E-state index contributed by atoms with van der Waals surface area (Å²) in [6.07, 6.45) is 4.71. The van der Waals surface area contributed by atoms with Crippen LogP contribution in [0.1, 0.15) is 19.3 Å². The maximum atomic E-state index is 13.4. The van der Waals surface area contributed by atoms with E-state index in [2.05, 4.69) is 64.5 Å². The zero-order valence-corrected chi connectivity index (χ0v) is 19.5. The smallest absolute Gasteiger partial charge is 0.145 e. The maximum Gasteiger partial charge on any atom is 0.145 e. The number of hydrogen-bond donors (Lipinski definition) is 1. The van der Waals surface area contributed by atoms with Gasteiger partial charge < -0.3 is 14.3 Å². The Bertz CT molecular complexity index is 1550. The van der Waals surface area contributed by atoms with E-state index >= 15 is 0 Å². The van der Waals surface area contributed by atoms with Crippen molar-refractivity contribution in [3.8, 4) is 22.5 Å². The summed E-state index contributed by atoms with van der Waals surface area (Å²) in [6, 6.07) is 25.1. The van der Waals surface area contributed by atoms with Crippen LogP contribution in [-0.4, -0.2) is 28.4 Å². The number of nitrogens with one attached hydrogen (secondary N) is 1. The molecule has 1 saturated heterocycles. The highest BCUT2D eigenvalue weighted by Gasteiger charge is 2.48. The van der Waals surface area contributed by atoms with Crippen LogP contribution in [0.2, 0.25) is 0 Å². The first-order valence-electron chi connectivity index (χ1n) is 12.5. The molecule has 35 heavy (non-hydrogen) atoms. The molecule has 7 rings (SSSR count). The van der Waals surface area contributed by atoms with Crippen LogP contribution < -0.4 is 5.32 Å². The van der Waals surface area contributed by atoms with Gasteiger partial charge in [-0.2, -0.15) is 0 Å². The summed E-state index contributed by atoms with van der Waals surface area (Å²) in [5.74, 6) is 1.62. The van der Waals surface area contributed by atoms with Crippen molar-refractivity contribution in [1.82, 2.24) is 14.9 Å². The second kappa shape index (κ2) is 7.92. The molecule has 0 unspecified atom stereocenters. The average molecular weight is 462 g/mol. The minimum Gasteiger partial charge on any atom is -0.464 e. The van der Waals surface area contributed by atoms with E-state index in [4.69, 9.17) is 9.40 Å². The Morgan fingerprint density at radius 3 is 2.60 bits per heavy atom. The summed E-state index contributed by atoms with van der Waals surface area (Å²) < 4.78 is 7.77. The van der Waals surface area contributed by atoms with Gasteiger partial charge >= 0.3 is 0 Å². The molecule has 2 aliphatic rings. The second-order valence-corrected chi connectivity index (χ2v) is 10.1. The van der Waals surface area contributed by atoms with Gasteiger partial charge in [-0.3, -0.25) is 4.79 Å². The number of carbonyl (C=O) groups is 1. The lowest BCUT2D eigenvalue weighted by atomic mass is 9.80. The quantitative estimate of drug-likeness (QED) is 0.333. The fraction of sp³-hybridized carbons (Fsp3) is 0.267. The van der Waals surface area contributed by atoms with Crippen molar-refractivity contribution in [2.45, 2.75) is 25.8 Å². The fourth-order valence-electron chi connectivity index (χ4n) is 5.66. The molecule has 3 aromatic carbocycles. The van der Waals surface area contributed by atoms with Gasteiger partial charge in [0.25, 0.3) is 0 Å². The van der Waals surface area contributed by atoms with Crippen molar-refractivity contribution in [2.75, 3.05) is 13.1 Å². The molecule has 174 valence electrons. The third-order valence-electron chi connectivity index (χ3n) is 7.76. The van der Waals surface area contributed by atoms with E-state index in [1.165, 1.54) is 0 Å². The SMILES string of the molecule is O=C(C1CC1)[C@@]1(Cn2c(-c3ccc(-c4ccc5occc5c4)cc3)nc3ccccc32)CCNC1. The first-order valence-corrected chi connectivity index (χ1v) is 12.5. The molecule has 5 heteroatoms. The predicted molar refractivity (Wildman–Crippen MR) is 138 cm³/mol. The third kappa shape index (κ3) is 3.50. The first kappa shape index (κ1) is 20.7. The highest BCUT2D eigenvalue weighted by molar-refractivity contribution is 5.90. The highest BCUT2D eigenvalue weighted by Crippen LogP contribution is 2.42. The molecule has 1 N–H and O–H groups in total. The number of rotatable bonds is 6. The molecule has 1 saturated carbocycles. The molecule has 5 aromatic rings. The number of ketones is 1. The van der Waals surface area contributed by atoms with E-state index in [-0.39, 0.29) is 11.3 Å². The number of carbonyl (C=O) groups excluding carboxylic acids is 1. The standard InChI is InChI=1S/C30H27N3O2/c34-28(21-7-8-21)30(14-15-31-18-30)19-33-26-4-2-1-3-25(26)32-29(33)22-9-5-20(6-10-22)23-11-12-27-24(17-23)13-16-35-27/h1-6,9-13,16-17,21,31H,7-8,14-15,18-19H2/t30-/m0/s1. The summed E-state index contributed by atoms with van der Waals surface area (Å²) in [4.78, 5) is 18.5. The van der Waals surface area contributed by atoms with Crippen molar-refractivity contribution < 1.29 is 9.21 Å². The van der Waals surface area contributed by atoms with Crippen LogP contribution in [0.25, 0.3) is 44.5 Å². The van der Waals surface area contributed by atoms with E-state index < -0.39 is 0 Å². The molecule has 0 spiro atoms. The highest BCUT2D eigenvalue weighted by atomic mass is 16.3. The summed E-state index contributed by atoms with van der Waals surface area (Å²) in [6.45, 7) is 2.32. The molecule has 1 aliphatic heterocycles. The number of para-hydroxylation sites is 2. The number of hydrogen-bond acceptors (Lipinski definition) is 4. The Labute approximate surface area is 203 Å². The molecular formula is C30H27N3O2. The molecule has 0 bridgehead atoms. The van der Waals surface area contributed by atoms with Crippen LogP contribution in [-0.2, 0) is 11.3 Å². The number of Topliss-reactive ketones (excluding diaryl/α,β-unsaturated/α-hetero) is 1. The van der Waals surface area contributed by atoms with E-state index in [0.717, 1.165) is 76.9 Å². The average Bonchev–Trinajstić information content (AvgIpc) is 3.29. The third-order valence-corrected chi connectivity index (χ3v) is 7.76. The minimum absolute atomic E-state index is 0.250. The molecule has 0 radical (unpaired) electrons. The Balaban J connectivity index is 1.29. The van der Waals surface area contributed by atoms with Crippen molar-refractivity contribution in [1.29, 1.82) is 0 Å². The van der Waals surface area contributed by atoms with Gasteiger partial charge in [0.1, 0.15) is 17.2 Å². The molecule has 2 fully saturated rings. The van der Waals surface area contributed by atoms with Crippen molar-refractivity contribution in [3.63, 3.8) is 0 Å². The summed E-state index contributed by atoms with van der Waals surface area (Å²) >= 11 is 0. The fourth-order valence-corrected chi connectivity index (χ4v) is 5.66. The van der Waals surface area contributed by atoms with Crippen LogP contribution >= 0.6 is 0 Å². The van der Waals surface area contributed by atoms with Gasteiger partial charge in [0.05, 0.1) is 22.7 Å². The largest absolute Gasteiger partial charge is 0.464 e. The molecule has 0 amide bonds. The van der Waals surface area contributed by atoms with E-state index in [1.807, 2.05) is 18.2 Å². The van der Waals surface area contributed by atoms with Gasteiger partial charge in [-0.25, -0.2) is 4.98 Å². The lowest BCUT2D eigenvalue weighted by Crippen LogP contribution is -2.39. The molecule has 2 aromatic heterocycles. The lowest BCUT2D eigenvalue weighted by Gasteiger charge is -2.28. The van der Waals surface area contributed by atoms with Gasteiger partial charge in [-0.15, -0.1) is 0 Å². The van der Waals surface area contributed by atoms with E-state index in [0.29, 0.717) is 12.3 Å². The summed E-state index contributed by atoms with van der Waals surface area (Å²) in [7, 11) is 0. The van der Waals surface area contributed by atoms with Crippen LogP contribution in [0.3, 0.4) is 0 Å². The summed E-state index contributed by atoms with van der Waals surface area (Å²) in [5.41, 5.74) is 5.98. The molecule has 3 heterocycles. The Kier molecular flexibility index (Phi) is 4.68. The van der Waals surface area contributed by atoms with Crippen LogP contribution in [0.15, 0.2) is 83.5 Å². The molecular weight excluding hydrogens is 434 g/mol. The van der Waals surface area contributed by atoms with Gasteiger partial charge in [0.2, 0.25) is 0 Å². The topological polar surface area (TPSA) is 60.1 Å². The first-order chi connectivity index (χ1) is 17.2. The zero-order chi connectivity index (χ0) is 23.4. The van der Waals surface area contributed by atoms with Gasteiger partial charge in [-0.1, -0.05) is 42.5 Å². The number of aromatic nitrogens is 2. The number of nitrogens with zero attached hydrogens (tertiary/aromatic N) is 2. The van der Waals surface area contributed by atoms with Crippen molar-refractivity contribution in [3.05, 3.63) is 79.1 Å². The Morgan fingerprint density at radius 1 is 1.00 bits per heavy atom. The second-order valence-electron chi connectivity index (χ2n) is 10.1. The van der Waals surface area contributed by atoms with Crippen LogP contribution in [0.5, 0.6) is 0 Å². The van der Waals surface area contributed by atoms with Gasteiger partial charge in [0.15, 0.2) is 0 Å².